The van der Waals surface area contributed by atoms with Crippen LogP contribution in [0.5, 0.6) is 0 Å². The molecule has 2 unspecified atom stereocenters. The lowest BCUT2D eigenvalue weighted by molar-refractivity contribution is 0.425. The first-order chi connectivity index (χ1) is 8.71. The lowest BCUT2D eigenvalue weighted by Gasteiger charge is -2.25. The Balaban J connectivity index is 1.99. The van der Waals surface area contributed by atoms with Crippen molar-refractivity contribution in [2.45, 2.75) is 38.1 Å². The first-order valence-corrected chi connectivity index (χ1v) is 6.85. The quantitative estimate of drug-likeness (QED) is 0.871. The lowest BCUT2D eigenvalue weighted by atomic mass is 9.87. The Hall–Kier alpha value is -1.41. The third-order valence-electron chi connectivity index (χ3n) is 4.41. The van der Waals surface area contributed by atoms with Gasteiger partial charge in [0.2, 0.25) is 0 Å². The Morgan fingerprint density at radius 2 is 2.28 bits per heavy atom. The normalized spacial score (nSPS) is 27.8. The van der Waals surface area contributed by atoms with Crippen LogP contribution in [0.4, 0.5) is 0 Å². The van der Waals surface area contributed by atoms with E-state index in [2.05, 4.69) is 36.2 Å². The van der Waals surface area contributed by atoms with Gasteiger partial charge in [-0.2, -0.15) is 0 Å². The molecule has 2 heteroatoms. The minimum atomic E-state index is -0.120. The van der Waals surface area contributed by atoms with Crippen molar-refractivity contribution in [1.29, 1.82) is 0 Å². The Morgan fingerprint density at radius 1 is 1.39 bits per heavy atom. The van der Waals surface area contributed by atoms with Crippen LogP contribution in [0.2, 0.25) is 0 Å². The number of aromatic nitrogens is 1. The number of hydrogen-bond donors (Lipinski definition) is 1. The van der Waals surface area contributed by atoms with Gasteiger partial charge < -0.3 is 5.73 Å². The fraction of sp³-hybridized carbons (Fsp3) is 0.438. The number of fused-ring (bicyclic) bond motifs is 1. The van der Waals surface area contributed by atoms with Gasteiger partial charge in [-0.3, -0.25) is 4.98 Å². The van der Waals surface area contributed by atoms with Gasteiger partial charge in [0, 0.05) is 17.1 Å². The van der Waals surface area contributed by atoms with Crippen molar-refractivity contribution < 1.29 is 0 Å². The van der Waals surface area contributed by atoms with Gasteiger partial charge in [0.25, 0.3) is 0 Å². The zero-order chi connectivity index (χ0) is 12.6. The molecule has 1 fully saturated rings. The molecule has 1 saturated carbocycles. The van der Waals surface area contributed by atoms with Crippen molar-refractivity contribution in [3.05, 3.63) is 42.1 Å². The predicted octanol–water partition coefficient (Wildman–Crippen LogP) is 3.60. The molecule has 1 aliphatic carbocycles. The summed E-state index contributed by atoms with van der Waals surface area (Å²) < 4.78 is 0. The molecule has 18 heavy (non-hydrogen) atoms. The molecule has 1 aromatic carbocycles. The van der Waals surface area contributed by atoms with Gasteiger partial charge in [0.05, 0.1) is 5.52 Å². The average molecular weight is 240 g/mol. The van der Waals surface area contributed by atoms with E-state index < -0.39 is 0 Å². The summed E-state index contributed by atoms with van der Waals surface area (Å²) in [5.41, 5.74) is 8.82. The van der Waals surface area contributed by atoms with Gasteiger partial charge in [-0.1, -0.05) is 25.5 Å². The van der Waals surface area contributed by atoms with Crippen molar-refractivity contribution in [1.82, 2.24) is 4.98 Å². The lowest BCUT2D eigenvalue weighted by Crippen LogP contribution is -2.33. The minimum Gasteiger partial charge on any atom is -0.321 e. The highest BCUT2D eigenvalue weighted by Gasteiger charge is 2.36. The second-order valence-corrected chi connectivity index (χ2v) is 5.58. The summed E-state index contributed by atoms with van der Waals surface area (Å²) in [5.74, 6) is 0.791. The van der Waals surface area contributed by atoms with Gasteiger partial charge in [0.15, 0.2) is 0 Å². The summed E-state index contributed by atoms with van der Waals surface area (Å²) in [4.78, 5) is 4.36. The summed E-state index contributed by atoms with van der Waals surface area (Å²) >= 11 is 0. The van der Waals surface area contributed by atoms with Crippen LogP contribution in [0.25, 0.3) is 10.9 Å². The van der Waals surface area contributed by atoms with E-state index in [0.29, 0.717) is 0 Å². The van der Waals surface area contributed by atoms with E-state index in [1.165, 1.54) is 23.8 Å². The van der Waals surface area contributed by atoms with Gasteiger partial charge in [-0.15, -0.1) is 0 Å². The van der Waals surface area contributed by atoms with Crippen LogP contribution in [-0.2, 0) is 5.54 Å². The Morgan fingerprint density at radius 3 is 3.06 bits per heavy atom. The molecule has 0 spiro atoms. The number of benzene rings is 1. The maximum absolute atomic E-state index is 6.62. The molecule has 2 nitrogen and oxygen atoms in total. The molecule has 2 aromatic rings. The van der Waals surface area contributed by atoms with Crippen molar-refractivity contribution in [3.63, 3.8) is 0 Å². The largest absolute Gasteiger partial charge is 0.321 e. The van der Waals surface area contributed by atoms with E-state index in [1.807, 2.05) is 12.3 Å². The smallest absolute Gasteiger partial charge is 0.0702 e. The second-order valence-electron chi connectivity index (χ2n) is 5.58. The zero-order valence-corrected chi connectivity index (χ0v) is 10.9. The van der Waals surface area contributed by atoms with E-state index in [9.17, 15) is 0 Å². The third kappa shape index (κ3) is 1.91. The standard InChI is InChI=1S/C16H20N2/c1-2-12-7-8-16(17,11-12)14-5-6-15-13(10-14)4-3-9-18-15/h3-6,9-10,12H,2,7-8,11,17H2,1H3. The molecule has 3 rings (SSSR count). The molecule has 2 atom stereocenters. The number of hydrogen-bond acceptors (Lipinski definition) is 2. The highest BCUT2D eigenvalue weighted by molar-refractivity contribution is 5.79. The van der Waals surface area contributed by atoms with Crippen molar-refractivity contribution >= 4 is 10.9 Å². The van der Waals surface area contributed by atoms with Crippen LogP contribution in [-0.4, -0.2) is 4.98 Å². The Kier molecular flexibility index (Phi) is 2.83. The summed E-state index contributed by atoms with van der Waals surface area (Å²) in [6.45, 7) is 2.26. The number of nitrogens with zero attached hydrogens (tertiary/aromatic N) is 1. The maximum atomic E-state index is 6.62. The van der Waals surface area contributed by atoms with E-state index >= 15 is 0 Å². The Bertz CT molecular complexity index is 564. The van der Waals surface area contributed by atoms with Crippen LogP contribution < -0.4 is 5.73 Å². The molecule has 1 heterocycles. The SMILES string of the molecule is CCC1CCC(N)(c2ccc3ncccc3c2)C1. The van der Waals surface area contributed by atoms with Crippen molar-refractivity contribution in [3.8, 4) is 0 Å². The molecule has 0 bridgehead atoms. The predicted molar refractivity (Wildman–Crippen MR) is 75.2 cm³/mol. The zero-order valence-electron chi connectivity index (χ0n) is 10.9. The number of nitrogens with two attached hydrogens (primary N) is 1. The monoisotopic (exact) mass is 240 g/mol. The van der Waals surface area contributed by atoms with Crippen LogP contribution in [0.3, 0.4) is 0 Å². The second kappa shape index (κ2) is 4.36. The highest BCUT2D eigenvalue weighted by Crippen LogP contribution is 2.41. The molecule has 94 valence electrons. The van der Waals surface area contributed by atoms with Crippen molar-refractivity contribution in [2.24, 2.45) is 11.7 Å². The topological polar surface area (TPSA) is 38.9 Å². The molecular weight excluding hydrogens is 220 g/mol. The summed E-state index contributed by atoms with van der Waals surface area (Å²) in [6.07, 6.45) is 6.57. The van der Waals surface area contributed by atoms with E-state index in [-0.39, 0.29) is 5.54 Å². The molecule has 0 radical (unpaired) electrons. The first kappa shape index (κ1) is 11.7. The molecule has 1 aromatic heterocycles. The number of rotatable bonds is 2. The van der Waals surface area contributed by atoms with Crippen LogP contribution in [0.1, 0.15) is 38.2 Å². The van der Waals surface area contributed by atoms with Gasteiger partial charge in [-0.25, -0.2) is 0 Å². The van der Waals surface area contributed by atoms with Gasteiger partial charge in [0.1, 0.15) is 0 Å². The van der Waals surface area contributed by atoms with E-state index in [1.54, 1.807) is 0 Å². The van der Waals surface area contributed by atoms with Crippen LogP contribution in [0.15, 0.2) is 36.5 Å². The Labute approximate surface area is 108 Å². The first-order valence-electron chi connectivity index (χ1n) is 6.85. The molecular formula is C16H20N2. The summed E-state index contributed by atoms with van der Waals surface area (Å²) in [7, 11) is 0. The van der Waals surface area contributed by atoms with Crippen molar-refractivity contribution in [2.75, 3.05) is 0 Å². The van der Waals surface area contributed by atoms with Gasteiger partial charge in [-0.05, 0) is 48.9 Å². The molecule has 2 N–H and O–H groups in total. The van der Waals surface area contributed by atoms with E-state index in [4.69, 9.17) is 5.73 Å². The summed E-state index contributed by atoms with van der Waals surface area (Å²) in [6, 6.07) is 10.6. The molecule has 0 saturated heterocycles. The number of pyridine rings is 1. The fourth-order valence-electron chi connectivity index (χ4n) is 3.18. The molecule has 1 aliphatic rings. The highest BCUT2D eigenvalue weighted by atomic mass is 14.8. The van der Waals surface area contributed by atoms with Gasteiger partial charge >= 0.3 is 0 Å². The third-order valence-corrected chi connectivity index (χ3v) is 4.41. The minimum absolute atomic E-state index is 0.120. The average Bonchev–Trinajstić information content (AvgIpc) is 2.81. The van der Waals surface area contributed by atoms with Crippen LogP contribution >= 0.6 is 0 Å². The summed E-state index contributed by atoms with van der Waals surface area (Å²) in [5, 5.41) is 1.19. The fourth-order valence-corrected chi connectivity index (χ4v) is 3.18. The maximum Gasteiger partial charge on any atom is 0.0702 e. The molecule has 0 aliphatic heterocycles. The van der Waals surface area contributed by atoms with Crippen LogP contribution in [0, 0.1) is 5.92 Å². The molecule has 0 amide bonds. The van der Waals surface area contributed by atoms with E-state index in [0.717, 1.165) is 24.3 Å².